The number of carbonyl (C=O) groups is 1. The minimum absolute atomic E-state index is 0.0962. The van der Waals surface area contributed by atoms with E-state index in [9.17, 15) is 15.0 Å². The van der Waals surface area contributed by atoms with Gasteiger partial charge in [-0.3, -0.25) is 4.79 Å². The zero-order chi connectivity index (χ0) is 28.7. The minimum Gasteiger partial charge on any atom is -0.394 e. The van der Waals surface area contributed by atoms with Crippen LogP contribution in [0.1, 0.15) is 136 Å². The first-order valence-electron chi connectivity index (χ1n) is 16.0. The maximum absolute atomic E-state index is 12.2. The summed E-state index contributed by atoms with van der Waals surface area (Å²) in [6, 6.07) is -0.650. The number of hydrogen-bond donors (Lipinski definition) is 3. The first-order valence-corrected chi connectivity index (χ1v) is 16.0. The van der Waals surface area contributed by atoms with E-state index >= 15 is 0 Å². The number of aliphatic hydroxyl groups excluding tert-OH is 2. The van der Waals surface area contributed by atoms with E-state index in [0.717, 1.165) is 51.4 Å². The summed E-state index contributed by atoms with van der Waals surface area (Å²) in [4.78, 5) is 12.2. The predicted octanol–water partition coefficient (Wildman–Crippen LogP) is 9.06. The van der Waals surface area contributed by atoms with Gasteiger partial charge in [0.25, 0.3) is 0 Å². The SMILES string of the molecule is CCCC/C=C/CC/C=C/CC/C=C/C(O)C(CO)NC(=O)CCCCCCCC/C=C\C=C/CCCCC. The lowest BCUT2D eigenvalue weighted by Gasteiger charge is -2.19. The molecule has 39 heavy (non-hydrogen) atoms. The highest BCUT2D eigenvalue weighted by Gasteiger charge is 2.17. The molecule has 0 aromatic carbocycles. The summed E-state index contributed by atoms with van der Waals surface area (Å²) in [6.07, 6.45) is 41.4. The maximum Gasteiger partial charge on any atom is 0.220 e. The second-order valence-corrected chi connectivity index (χ2v) is 10.5. The van der Waals surface area contributed by atoms with Gasteiger partial charge >= 0.3 is 0 Å². The van der Waals surface area contributed by atoms with Gasteiger partial charge in [0, 0.05) is 6.42 Å². The van der Waals surface area contributed by atoms with E-state index in [1.54, 1.807) is 6.08 Å². The van der Waals surface area contributed by atoms with Crippen molar-refractivity contribution < 1.29 is 15.0 Å². The van der Waals surface area contributed by atoms with Gasteiger partial charge in [0.1, 0.15) is 0 Å². The van der Waals surface area contributed by atoms with Crippen LogP contribution in [0.5, 0.6) is 0 Å². The number of nitrogens with one attached hydrogen (secondary N) is 1. The lowest BCUT2D eigenvalue weighted by molar-refractivity contribution is -0.123. The molecule has 0 aromatic rings. The number of amides is 1. The Labute approximate surface area is 241 Å². The summed E-state index contributed by atoms with van der Waals surface area (Å²) in [5.41, 5.74) is 0. The Balaban J connectivity index is 3.79. The van der Waals surface area contributed by atoms with E-state index in [0.29, 0.717) is 6.42 Å². The molecule has 0 bridgehead atoms. The molecule has 0 saturated carbocycles. The van der Waals surface area contributed by atoms with Crippen molar-refractivity contribution in [2.75, 3.05) is 6.61 Å². The molecule has 2 atom stereocenters. The van der Waals surface area contributed by atoms with Crippen LogP contribution >= 0.6 is 0 Å². The standard InChI is InChI=1S/C35H61NO3/c1-3-5-7-9-11-13-15-17-18-19-21-23-25-27-29-31-35(39)36-33(32-37)34(38)30-28-26-24-22-20-16-14-12-10-8-6-4-2/h10-13,15,17,20,22,28,30,33-34,37-38H,3-9,14,16,18-19,21,23-27,29,31-32H2,1-2H3,(H,36,39)/b12-10+,13-11-,17-15-,22-20+,30-28+. The van der Waals surface area contributed by atoms with Crippen LogP contribution in [0.2, 0.25) is 0 Å². The van der Waals surface area contributed by atoms with E-state index in [2.05, 4.69) is 67.8 Å². The molecule has 0 radical (unpaired) electrons. The average Bonchev–Trinajstić information content (AvgIpc) is 2.94. The van der Waals surface area contributed by atoms with Crippen molar-refractivity contribution in [3.8, 4) is 0 Å². The second-order valence-electron chi connectivity index (χ2n) is 10.5. The number of rotatable bonds is 27. The Hall–Kier alpha value is -1.91. The molecule has 0 fully saturated rings. The Morgan fingerprint density at radius 2 is 1.10 bits per heavy atom. The molecule has 0 heterocycles. The van der Waals surface area contributed by atoms with E-state index in [4.69, 9.17) is 0 Å². The quantitative estimate of drug-likeness (QED) is 0.0550. The molecule has 0 rings (SSSR count). The first-order chi connectivity index (χ1) is 19.2. The predicted molar refractivity (Wildman–Crippen MR) is 170 cm³/mol. The van der Waals surface area contributed by atoms with Crippen molar-refractivity contribution in [2.24, 2.45) is 0 Å². The molecule has 4 heteroatoms. The summed E-state index contributed by atoms with van der Waals surface area (Å²) < 4.78 is 0. The van der Waals surface area contributed by atoms with E-state index < -0.39 is 12.1 Å². The van der Waals surface area contributed by atoms with E-state index in [-0.39, 0.29) is 12.5 Å². The van der Waals surface area contributed by atoms with Crippen LogP contribution in [0.25, 0.3) is 0 Å². The fourth-order valence-electron chi connectivity index (χ4n) is 4.18. The highest BCUT2D eigenvalue weighted by Crippen LogP contribution is 2.10. The van der Waals surface area contributed by atoms with Gasteiger partial charge in [0.15, 0.2) is 0 Å². The second kappa shape index (κ2) is 30.6. The number of carbonyl (C=O) groups excluding carboxylic acids is 1. The fourth-order valence-corrected chi connectivity index (χ4v) is 4.18. The molecule has 4 nitrogen and oxygen atoms in total. The third-order valence-corrected chi connectivity index (χ3v) is 6.73. The highest BCUT2D eigenvalue weighted by molar-refractivity contribution is 5.76. The summed E-state index contributed by atoms with van der Waals surface area (Å²) in [5, 5.41) is 22.7. The number of allylic oxidation sites excluding steroid dienone is 9. The first kappa shape index (κ1) is 37.1. The maximum atomic E-state index is 12.2. The van der Waals surface area contributed by atoms with Crippen LogP contribution in [0.3, 0.4) is 0 Å². The van der Waals surface area contributed by atoms with Crippen molar-refractivity contribution in [3.05, 3.63) is 60.8 Å². The van der Waals surface area contributed by atoms with Crippen molar-refractivity contribution in [2.45, 2.75) is 148 Å². The monoisotopic (exact) mass is 543 g/mol. The van der Waals surface area contributed by atoms with Gasteiger partial charge in [0.2, 0.25) is 5.91 Å². The van der Waals surface area contributed by atoms with Crippen molar-refractivity contribution in [3.63, 3.8) is 0 Å². The Morgan fingerprint density at radius 3 is 1.69 bits per heavy atom. The molecule has 0 saturated heterocycles. The Kier molecular flexibility index (Phi) is 29.1. The summed E-state index contributed by atoms with van der Waals surface area (Å²) in [6.45, 7) is 4.17. The Morgan fingerprint density at radius 1 is 0.615 bits per heavy atom. The number of aliphatic hydroxyl groups is 2. The lowest BCUT2D eigenvalue weighted by Crippen LogP contribution is -2.45. The van der Waals surface area contributed by atoms with Crippen LogP contribution < -0.4 is 5.32 Å². The third-order valence-electron chi connectivity index (χ3n) is 6.73. The van der Waals surface area contributed by atoms with Crippen LogP contribution in [0.15, 0.2) is 60.8 Å². The lowest BCUT2D eigenvalue weighted by atomic mass is 10.1. The van der Waals surface area contributed by atoms with Crippen LogP contribution in [-0.4, -0.2) is 34.9 Å². The van der Waals surface area contributed by atoms with Crippen LogP contribution in [0, 0.1) is 0 Å². The van der Waals surface area contributed by atoms with Gasteiger partial charge in [-0.25, -0.2) is 0 Å². The average molecular weight is 544 g/mol. The molecular weight excluding hydrogens is 482 g/mol. The summed E-state index contributed by atoms with van der Waals surface area (Å²) in [5.74, 6) is -0.0962. The zero-order valence-electron chi connectivity index (χ0n) is 25.4. The molecule has 224 valence electrons. The number of unbranched alkanes of at least 4 members (excludes halogenated alkanes) is 13. The number of hydrogen-bond acceptors (Lipinski definition) is 3. The fraction of sp³-hybridized carbons (Fsp3) is 0.686. The molecular formula is C35H61NO3. The zero-order valence-corrected chi connectivity index (χ0v) is 25.4. The minimum atomic E-state index is -0.873. The summed E-state index contributed by atoms with van der Waals surface area (Å²) in [7, 11) is 0. The van der Waals surface area contributed by atoms with Crippen LogP contribution in [-0.2, 0) is 4.79 Å². The molecule has 0 spiro atoms. The van der Waals surface area contributed by atoms with Gasteiger partial charge in [-0.15, -0.1) is 0 Å². The molecule has 3 N–H and O–H groups in total. The van der Waals surface area contributed by atoms with Crippen molar-refractivity contribution >= 4 is 5.91 Å². The molecule has 0 aliphatic heterocycles. The molecule has 0 aromatic heterocycles. The molecule has 0 aliphatic rings. The van der Waals surface area contributed by atoms with Gasteiger partial charge in [-0.1, -0.05) is 126 Å². The summed E-state index contributed by atoms with van der Waals surface area (Å²) >= 11 is 0. The smallest absolute Gasteiger partial charge is 0.220 e. The molecule has 2 unspecified atom stereocenters. The van der Waals surface area contributed by atoms with Gasteiger partial charge < -0.3 is 15.5 Å². The van der Waals surface area contributed by atoms with Gasteiger partial charge in [-0.2, -0.15) is 0 Å². The van der Waals surface area contributed by atoms with Gasteiger partial charge in [-0.05, 0) is 64.2 Å². The van der Waals surface area contributed by atoms with Crippen molar-refractivity contribution in [1.82, 2.24) is 5.32 Å². The topological polar surface area (TPSA) is 69.6 Å². The van der Waals surface area contributed by atoms with Crippen molar-refractivity contribution in [1.29, 1.82) is 0 Å². The highest BCUT2D eigenvalue weighted by atomic mass is 16.3. The third kappa shape index (κ3) is 27.4. The Bertz CT molecular complexity index is 677. The van der Waals surface area contributed by atoms with Crippen LogP contribution in [0.4, 0.5) is 0 Å². The van der Waals surface area contributed by atoms with Gasteiger partial charge in [0.05, 0.1) is 18.8 Å². The largest absolute Gasteiger partial charge is 0.394 e. The molecule has 1 amide bonds. The van der Waals surface area contributed by atoms with E-state index in [1.165, 1.54) is 64.2 Å². The van der Waals surface area contributed by atoms with E-state index in [1.807, 2.05) is 6.08 Å². The molecule has 0 aliphatic carbocycles. The normalized spacial score (nSPS) is 14.1.